The van der Waals surface area contributed by atoms with Gasteiger partial charge in [0.15, 0.2) is 9.84 Å². The maximum absolute atomic E-state index is 13.3. The quantitative estimate of drug-likeness (QED) is 0.537. The van der Waals surface area contributed by atoms with Crippen LogP contribution < -0.4 is 0 Å². The van der Waals surface area contributed by atoms with Gasteiger partial charge in [-0.1, -0.05) is 36.1 Å². The lowest BCUT2D eigenvalue weighted by atomic mass is 10.2. The van der Waals surface area contributed by atoms with Crippen LogP contribution in [0.15, 0.2) is 29.2 Å². The minimum atomic E-state index is -3.11. The molecule has 2 fully saturated rings. The van der Waals surface area contributed by atoms with E-state index in [4.69, 9.17) is 12.2 Å². The van der Waals surface area contributed by atoms with Crippen LogP contribution in [0.25, 0.3) is 6.08 Å². The van der Waals surface area contributed by atoms with E-state index in [0.29, 0.717) is 16.9 Å². The summed E-state index contributed by atoms with van der Waals surface area (Å²) in [6.07, 6.45) is 1.92. The van der Waals surface area contributed by atoms with Crippen LogP contribution >= 0.6 is 24.0 Å². The van der Waals surface area contributed by atoms with E-state index >= 15 is 0 Å². The lowest BCUT2D eigenvalue weighted by Crippen LogP contribution is -2.45. The van der Waals surface area contributed by atoms with Crippen LogP contribution in [0.2, 0.25) is 0 Å². The first-order chi connectivity index (χ1) is 12.7. The molecule has 0 N–H and O–H groups in total. The number of halogens is 1. The van der Waals surface area contributed by atoms with Crippen molar-refractivity contribution in [1.82, 2.24) is 9.80 Å². The first-order valence-electron chi connectivity index (χ1n) is 8.13. The molecule has 0 aliphatic carbocycles. The number of nitrogens with zero attached hydrogens (tertiary/aromatic N) is 2. The summed E-state index contributed by atoms with van der Waals surface area (Å²) in [6, 6.07) is 5.42. The summed E-state index contributed by atoms with van der Waals surface area (Å²) in [6.45, 7) is -0.252. The van der Waals surface area contributed by atoms with Crippen LogP contribution in [-0.2, 0) is 19.4 Å². The Kier molecular flexibility index (Phi) is 5.68. The summed E-state index contributed by atoms with van der Waals surface area (Å²) in [5.41, 5.74) is 0.523. The number of carbonyl (C=O) groups excluding carboxylic acids is 2. The Morgan fingerprint density at radius 1 is 1.48 bits per heavy atom. The van der Waals surface area contributed by atoms with Gasteiger partial charge in [-0.25, -0.2) is 12.8 Å². The predicted molar refractivity (Wildman–Crippen MR) is 106 cm³/mol. The highest BCUT2D eigenvalue weighted by molar-refractivity contribution is 8.26. The Morgan fingerprint density at radius 3 is 2.85 bits per heavy atom. The average molecular weight is 429 g/mol. The Morgan fingerprint density at radius 2 is 2.22 bits per heavy atom. The van der Waals surface area contributed by atoms with Gasteiger partial charge in [-0.15, -0.1) is 0 Å². The fraction of sp³-hybridized carbons (Fsp3) is 0.353. The van der Waals surface area contributed by atoms with Gasteiger partial charge in [-0.3, -0.25) is 14.5 Å². The Hall–Kier alpha value is -1.78. The smallest absolute Gasteiger partial charge is 0.266 e. The van der Waals surface area contributed by atoms with Crippen LogP contribution in [0.4, 0.5) is 4.39 Å². The van der Waals surface area contributed by atoms with Crippen LogP contribution in [0.5, 0.6) is 0 Å². The van der Waals surface area contributed by atoms with Crippen molar-refractivity contribution in [2.75, 3.05) is 25.1 Å². The topological polar surface area (TPSA) is 74.8 Å². The van der Waals surface area contributed by atoms with Gasteiger partial charge >= 0.3 is 0 Å². The van der Waals surface area contributed by atoms with E-state index in [2.05, 4.69) is 0 Å². The number of benzene rings is 1. The molecule has 2 amide bonds. The summed E-state index contributed by atoms with van der Waals surface area (Å²) in [5.74, 6) is -1.21. The van der Waals surface area contributed by atoms with Crippen LogP contribution in [-0.4, -0.2) is 65.5 Å². The van der Waals surface area contributed by atoms with Gasteiger partial charge < -0.3 is 4.90 Å². The number of hydrogen-bond acceptors (Lipinski definition) is 6. The van der Waals surface area contributed by atoms with Crippen molar-refractivity contribution in [2.45, 2.75) is 12.5 Å². The molecule has 3 rings (SSSR count). The molecule has 0 spiro atoms. The van der Waals surface area contributed by atoms with Crippen molar-refractivity contribution < 1.29 is 22.4 Å². The van der Waals surface area contributed by atoms with Crippen molar-refractivity contribution in [1.29, 1.82) is 0 Å². The molecule has 1 aromatic rings. The van der Waals surface area contributed by atoms with Crippen molar-refractivity contribution in [3.05, 3.63) is 40.6 Å². The van der Waals surface area contributed by atoms with E-state index in [1.54, 1.807) is 6.07 Å². The molecular formula is C17H17FN2O4S3. The zero-order valence-electron chi connectivity index (χ0n) is 14.4. The van der Waals surface area contributed by atoms with E-state index in [-0.39, 0.29) is 34.3 Å². The van der Waals surface area contributed by atoms with E-state index in [0.717, 1.165) is 11.8 Å². The highest BCUT2D eigenvalue weighted by Crippen LogP contribution is 2.32. The third-order valence-corrected chi connectivity index (χ3v) is 7.59. The number of thioether (sulfide) groups is 1. The lowest BCUT2D eigenvalue weighted by molar-refractivity contribution is -0.135. The second-order valence-electron chi connectivity index (χ2n) is 6.38. The standard InChI is InChI=1S/C17H17FN2O4S3/c1-19(13-5-6-27(23,24)10-13)15(21)9-20-16(22)14(26-17(20)25)8-11-3-2-4-12(18)7-11/h2-4,7-8,13H,5-6,9-10H2,1H3/b14-8+. The van der Waals surface area contributed by atoms with Gasteiger partial charge in [0, 0.05) is 13.1 Å². The monoisotopic (exact) mass is 428 g/mol. The molecule has 1 aromatic carbocycles. The Balaban J connectivity index is 1.69. The summed E-state index contributed by atoms with van der Waals surface area (Å²) >= 11 is 6.25. The Bertz CT molecular complexity index is 945. The molecule has 2 aliphatic rings. The van der Waals surface area contributed by atoms with Crippen molar-refractivity contribution in [3.8, 4) is 0 Å². The van der Waals surface area contributed by atoms with Gasteiger partial charge in [0.2, 0.25) is 5.91 Å². The molecule has 1 atom stereocenters. The molecule has 0 saturated carbocycles. The van der Waals surface area contributed by atoms with Gasteiger partial charge in [0.25, 0.3) is 5.91 Å². The number of sulfone groups is 1. The van der Waals surface area contributed by atoms with Gasteiger partial charge in [0.05, 0.1) is 16.4 Å². The molecule has 1 unspecified atom stereocenters. The van der Waals surface area contributed by atoms with Crippen LogP contribution in [0.1, 0.15) is 12.0 Å². The Labute approximate surface area is 166 Å². The SMILES string of the molecule is CN(C(=O)CN1C(=O)/C(=C\c2cccc(F)c2)SC1=S)C1CCS(=O)(=O)C1. The third kappa shape index (κ3) is 4.56. The van der Waals surface area contributed by atoms with E-state index in [9.17, 15) is 22.4 Å². The molecule has 6 nitrogen and oxygen atoms in total. The van der Waals surface area contributed by atoms with E-state index < -0.39 is 21.6 Å². The largest absolute Gasteiger partial charge is 0.340 e. The average Bonchev–Trinajstić information content (AvgIpc) is 3.08. The highest BCUT2D eigenvalue weighted by Gasteiger charge is 2.37. The molecule has 144 valence electrons. The van der Waals surface area contributed by atoms with Gasteiger partial charge in [-0.2, -0.15) is 0 Å². The molecule has 0 bridgehead atoms. The summed E-state index contributed by atoms with van der Waals surface area (Å²) in [4.78, 5) is 27.9. The molecular weight excluding hydrogens is 411 g/mol. The molecule has 27 heavy (non-hydrogen) atoms. The van der Waals surface area contributed by atoms with Crippen LogP contribution in [0, 0.1) is 5.82 Å². The number of hydrogen-bond donors (Lipinski definition) is 0. The highest BCUT2D eigenvalue weighted by atomic mass is 32.2. The molecule has 0 aromatic heterocycles. The zero-order chi connectivity index (χ0) is 19.8. The fourth-order valence-electron chi connectivity index (χ4n) is 2.92. The maximum Gasteiger partial charge on any atom is 0.266 e. The minimum Gasteiger partial charge on any atom is -0.340 e. The first kappa shape index (κ1) is 20.0. The summed E-state index contributed by atoms with van der Waals surface area (Å²) in [7, 11) is -1.58. The van der Waals surface area contributed by atoms with Crippen molar-refractivity contribution in [2.24, 2.45) is 0 Å². The summed E-state index contributed by atoms with van der Waals surface area (Å²) in [5, 5.41) is 0. The van der Waals surface area contributed by atoms with E-state index in [1.807, 2.05) is 0 Å². The molecule has 2 saturated heterocycles. The second kappa shape index (κ2) is 7.69. The van der Waals surface area contributed by atoms with E-state index in [1.165, 1.54) is 41.1 Å². The van der Waals surface area contributed by atoms with Crippen LogP contribution in [0.3, 0.4) is 0 Å². The van der Waals surface area contributed by atoms with Crippen molar-refractivity contribution >= 4 is 56.0 Å². The first-order valence-corrected chi connectivity index (χ1v) is 11.2. The maximum atomic E-state index is 13.3. The van der Waals surface area contributed by atoms with Crippen molar-refractivity contribution in [3.63, 3.8) is 0 Å². The normalized spacial score (nSPS) is 23.3. The zero-order valence-corrected chi connectivity index (χ0v) is 16.9. The number of amides is 2. The number of rotatable bonds is 4. The third-order valence-electron chi connectivity index (χ3n) is 4.46. The molecule has 10 heteroatoms. The lowest BCUT2D eigenvalue weighted by Gasteiger charge is -2.25. The van der Waals surface area contributed by atoms with Gasteiger partial charge in [0.1, 0.15) is 16.7 Å². The minimum absolute atomic E-state index is 0.0622. The van der Waals surface area contributed by atoms with Gasteiger partial charge in [-0.05, 0) is 30.2 Å². The number of likely N-dealkylation sites (N-methyl/N-ethyl adjacent to an activating group) is 1. The fourth-order valence-corrected chi connectivity index (χ4v) is 5.94. The number of carbonyl (C=O) groups is 2. The number of thiocarbonyl (C=S) groups is 1. The molecule has 2 heterocycles. The molecule has 2 aliphatic heterocycles. The second-order valence-corrected chi connectivity index (χ2v) is 10.3. The molecule has 0 radical (unpaired) electrons. The summed E-state index contributed by atoms with van der Waals surface area (Å²) < 4.78 is 36.7. The predicted octanol–water partition coefficient (Wildman–Crippen LogP) is 1.67.